The van der Waals surface area contributed by atoms with E-state index in [9.17, 15) is 4.79 Å². The third-order valence-electron chi connectivity index (χ3n) is 4.19. The summed E-state index contributed by atoms with van der Waals surface area (Å²) in [6, 6.07) is 3.99. The molecule has 1 fully saturated rings. The van der Waals surface area contributed by atoms with Gasteiger partial charge in [-0.05, 0) is 32.9 Å². The van der Waals surface area contributed by atoms with Gasteiger partial charge in [0.2, 0.25) is 0 Å². The number of carbonyl (C=O) groups excluding carboxylic acids is 1. The van der Waals surface area contributed by atoms with Crippen LogP contribution in [0.15, 0.2) is 27.9 Å². The van der Waals surface area contributed by atoms with Crippen molar-refractivity contribution in [2.24, 2.45) is 0 Å². The Morgan fingerprint density at radius 3 is 2.96 bits per heavy atom. The Hall–Kier alpha value is -1.57. The summed E-state index contributed by atoms with van der Waals surface area (Å²) in [5.41, 5.74) is 2.63. The summed E-state index contributed by atoms with van der Waals surface area (Å²) in [5, 5.41) is 8.09. The summed E-state index contributed by atoms with van der Waals surface area (Å²) < 4.78 is 5.20. The van der Waals surface area contributed by atoms with Crippen LogP contribution in [0.2, 0.25) is 0 Å². The number of halogens is 1. The molecule has 6 nitrogen and oxygen atoms in total. The topological polar surface area (TPSA) is 71.3 Å². The first-order valence-corrected chi connectivity index (χ1v) is 9.07. The van der Waals surface area contributed by atoms with Crippen LogP contribution in [0.25, 0.3) is 0 Å². The fourth-order valence-corrected chi connectivity index (χ4v) is 3.94. The molecule has 0 saturated carbocycles. The molecule has 0 bridgehead atoms. The average molecular weight is 383 g/mol. The van der Waals surface area contributed by atoms with Crippen LogP contribution in [-0.2, 0) is 5.75 Å². The normalized spacial score (nSPS) is 17.2. The zero-order valence-electron chi connectivity index (χ0n) is 14.6. The maximum Gasteiger partial charge on any atom is 0.256 e. The molecule has 2 aromatic heterocycles. The smallest absolute Gasteiger partial charge is 0.256 e. The van der Waals surface area contributed by atoms with Crippen molar-refractivity contribution in [2.45, 2.75) is 37.6 Å². The lowest BCUT2D eigenvalue weighted by Crippen LogP contribution is -2.51. The van der Waals surface area contributed by atoms with E-state index in [1.54, 1.807) is 18.0 Å². The van der Waals surface area contributed by atoms with Crippen LogP contribution in [0.5, 0.6) is 0 Å². The second-order valence-corrected chi connectivity index (χ2v) is 7.02. The Morgan fingerprint density at radius 2 is 2.28 bits per heavy atom. The summed E-state index contributed by atoms with van der Waals surface area (Å²) in [7, 11) is 0. The molecule has 1 atom stereocenters. The largest absolute Gasteiger partial charge is 0.361 e. The van der Waals surface area contributed by atoms with Gasteiger partial charge in [-0.15, -0.1) is 24.2 Å². The number of nitrogens with one attached hydrogen (secondary N) is 1. The molecule has 0 unspecified atom stereocenters. The van der Waals surface area contributed by atoms with Gasteiger partial charge in [-0.1, -0.05) is 5.16 Å². The highest BCUT2D eigenvalue weighted by Crippen LogP contribution is 2.28. The predicted molar refractivity (Wildman–Crippen MR) is 100 cm³/mol. The van der Waals surface area contributed by atoms with Crippen molar-refractivity contribution in [3.63, 3.8) is 0 Å². The molecule has 8 heteroatoms. The van der Waals surface area contributed by atoms with Crippen LogP contribution >= 0.6 is 24.2 Å². The van der Waals surface area contributed by atoms with Gasteiger partial charge < -0.3 is 14.7 Å². The molecular weight excluding hydrogens is 360 g/mol. The van der Waals surface area contributed by atoms with Gasteiger partial charge in [0, 0.05) is 43.2 Å². The molecule has 1 amide bonds. The lowest BCUT2D eigenvalue weighted by Gasteiger charge is -2.32. The summed E-state index contributed by atoms with van der Waals surface area (Å²) in [6.07, 6.45) is 1.73. The number of pyridine rings is 1. The van der Waals surface area contributed by atoms with E-state index >= 15 is 0 Å². The van der Waals surface area contributed by atoms with E-state index in [-0.39, 0.29) is 18.3 Å². The molecule has 136 valence electrons. The van der Waals surface area contributed by atoms with Crippen molar-refractivity contribution < 1.29 is 9.32 Å². The lowest BCUT2D eigenvalue weighted by molar-refractivity contribution is 0.0704. The van der Waals surface area contributed by atoms with Gasteiger partial charge in [0.1, 0.15) is 10.8 Å². The van der Waals surface area contributed by atoms with Crippen LogP contribution in [0.4, 0.5) is 0 Å². The molecule has 0 aliphatic carbocycles. The number of amides is 1. The van der Waals surface area contributed by atoms with E-state index in [4.69, 9.17) is 4.52 Å². The molecule has 0 aromatic carbocycles. The maximum absolute atomic E-state index is 12.9. The molecule has 25 heavy (non-hydrogen) atoms. The third-order valence-corrected chi connectivity index (χ3v) is 5.22. The Bertz CT molecular complexity index is 718. The summed E-state index contributed by atoms with van der Waals surface area (Å²) >= 11 is 1.55. The Balaban J connectivity index is 0.00000225. The minimum absolute atomic E-state index is 0. The SMILES string of the molecule is Cc1noc(C)c1CSc1ncccc1C(=O)N1CCN[C@H](C)C1.Cl. The third kappa shape index (κ3) is 4.54. The monoisotopic (exact) mass is 382 g/mol. The quantitative estimate of drug-likeness (QED) is 0.820. The molecule has 1 saturated heterocycles. The molecule has 0 radical (unpaired) electrons. The van der Waals surface area contributed by atoms with Gasteiger partial charge in [-0.2, -0.15) is 0 Å². The first-order chi connectivity index (χ1) is 11.6. The molecule has 1 aliphatic heterocycles. The molecule has 0 spiro atoms. The number of piperazine rings is 1. The van der Waals surface area contributed by atoms with Crippen molar-refractivity contribution in [1.82, 2.24) is 20.4 Å². The van der Waals surface area contributed by atoms with E-state index in [0.29, 0.717) is 17.4 Å². The zero-order chi connectivity index (χ0) is 17.1. The fraction of sp³-hybridized carbons (Fsp3) is 0.471. The van der Waals surface area contributed by atoms with Gasteiger partial charge in [0.25, 0.3) is 5.91 Å². The van der Waals surface area contributed by atoms with Gasteiger partial charge >= 0.3 is 0 Å². The van der Waals surface area contributed by atoms with Crippen LogP contribution in [0.3, 0.4) is 0 Å². The highest BCUT2D eigenvalue weighted by molar-refractivity contribution is 7.98. The fourth-order valence-electron chi connectivity index (χ4n) is 2.80. The summed E-state index contributed by atoms with van der Waals surface area (Å²) in [4.78, 5) is 19.2. The number of aryl methyl sites for hydroxylation is 2. The molecule has 3 heterocycles. The molecular formula is C17H23ClN4O2S. The average Bonchev–Trinajstić information content (AvgIpc) is 2.91. The molecule has 3 rings (SSSR count). The number of hydrogen-bond acceptors (Lipinski definition) is 6. The standard InChI is InChI=1S/C17H22N4O2S.ClH/c1-11-9-21(8-7-18-11)17(22)14-5-4-6-19-16(14)24-10-15-12(2)20-23-13(15)3;/h4-6,11,18H,7-10H2,1-3H3;1H/t11-;/m1./s1. The Labute approximate surface area is 158 Å². The molecule has 2 aromatic rings. The van der Waals surface area contributed by atoms with Crippen molar-refractivity contribution >= 4 is 30.1 Å². The van der Waals surface area contributed by atoms with E-state index in [2.05, 4.69) is 22.4 Å². The molecule has 1 aliphatic rings. The predicted octanol–water partition coefficient (Wildman–Crippen LogP) is 2.83. The van der Waals surface area contributed by atoms with Crippen LogP contribution in [-0.4, -0.2) is 46.6 Å². The summed E-state index contributed by atoms with van der Waals surface area (Å²) in [6.45, 7) is 8.21. The number of nitrogens with zero attached hydrogens (tertiary/aromatic N) is 3. The second-order valence-electron chi connectivity index (χ2n) is 6.05. The van der Waals surface area contributed by atoms with Gasteiger partial charge in [0.15, 0.2) is 0 Å². The van der Waals surface area contributed by atoms with Crippen molar-refractivity contribution in [2.75, 3.05) is 19.6 Å². The van der Waals surface area contributed by atoms with Gasteiger partial charge in [-0.25, -0.2) is 4.98 Å². The van der Waals surface area contributed by atoms with Gasteiger partial charge in [-0.3, -0.25) is 4.79 Å². The number of carbonyl (C=O) groups is 1. The van der Waals surface area contributed by atoms with E-state index in [1.807, 2.05) is 30.9 Å². The minimum Gasteiger partial charge on any atom is -0.361 e. The van der Waals surface area contributed by atoms with Gasteiger partial charge in [0.05, 0.1) is 11.3 Å². The Kier molecular flexibility index (Phi) is 6.87. The van der Waals surface area contributed by atoms with Crippen LogP contribution in [0, 0.1) is 13.8 Å². The maximum atomic E-state index is 12.9. The van der Waals surface area contributed by atoms with Crippen molar-refractivity contribution in [3.05, 3.63) is 40.9 Å². The lowest BCUT2D eigenvalue weighted by atomic mass is 10.2. The second kappa shape index (κ2) is 8.69. The minimum atomic E-state index is 0. The first kappa shape index (κ1) is 19.8. The van der Waals surface area contributed by atoms with Crippen LogP contribution in [0.1, 0.15) is 34.3 Å². The first-order valence-electron chi connectivity index (χ1n) is 8.08. The van der Waals surface area contributed by atoms with Crippen LogP contribution < -0.4 is 5.32 Å². The summed E-state index contributed by atoms with van der Waals surface area (Å²) in [5.74, 6) is 1.56. The van der Waals surface area contributed by atoms with Crippen molar-refractivity contribution in [3.8, 4) is 0 Å². The number of aromatic nitrogens is 2. The van der Waals surface area contributed by atoms with Crippen molar-refractivity contribution in [1.29, 1.82) is 0 Å². The van der Waals surface area contributed by atoms with E-state index < -0.39 is 0 Å². The number of hydrogen-bond donors (Lipinski definition) is 1. The van der Waals surface area contributed by atoms with E-state index in [1.165, 1.54) is 0 Å². The number of thioether (sulfide) groups is 1. The highest BCUT2D eigenvalue weighted by atomic mass is 35.5. The Morgan fingerprint density at radius 1 is 1.48 bits per heavy atom. The molecule has 1 N–H and O–H groups in total. The number of rotatable bonds is 4. The zero-order valence-corrected chi connectivity index (χ0v) is 16.2. The highest BCUT2D eigenvalue weighted by Gasteiger charge is 2.24. The van der Waals surface area contributed by atoms with E-state index in [0.717, 1.165) is 41.7 Å².